The van der Waals surface area contributed by atoms with Crippen molar-refractivity contribution in [1.29, 1.82) is 0 Å². The van der Waals surface area contributed by atoms with Crippen LogP contribution >= 0.6 is 0 Å². The largest absolute Gasteiger partial charge is 0.464 e. The van der Waals surface area contributed by atoms with Crippen LogP contribution in [0.5, 0.6) is 0 Å². The average Bonchev–Trinajstić information content (AvgIpc) is 2.65. The molecule has 0 heterocycles. The first-order chi connectivity index (χ1) is 8.38. The molecule has 102 valence electrons. The molecule has 4 rings (SSSR count). The molecular weight excluding hydrogens is 256 g/mol. The standard InChI is InChI=1S/C12H18O5S/c13-11(17-1-2-18(14,15)16)12-5-8-3-9(6-12)10(4-8)7-12/h8-10H,1-7H2,(H,14,15,16). The highest BCUT2D eigenvalue weighted by atomic mass is 32.2. The zero-order chi connectivity index (χ0) is 13.0. The summed E-state index contributed by atoms with van der Waals surface area (Å²) in [5.41, 5.74) is -0.338. The molecule has 6 heteroatoms. The molecule has 0 amide bonds. The van der Waals surface area contributed by atoms with E-state index in [1.54, 1.807) is 0 Å². The van der Waals surface area contributed by atoms with Crippen molar-refractivity contribution in [3.8, 4) is 0 Å². The first-order valence-corrected chi connectivity index (χ1v) is 8.11. The molecule has 0 aromatic rings. The Labute approximate surface area is 107 Å². The molecule has 0 radical (unpaired) electrons. The van der Waals surface area contributed by atoms with E-state index in [1.165, 1.54) is 12.8 Å². The lowest BCUT2D eigenvalue weighted by Gasteiger charge is -2.35. The maximum atomic E-state index is 12.1. The van der Waals surface area contributed by atoms with Gasteiger partial charge in [-0.05, 0) is 49.9 Å². The monoisotopic (exact) mass is 274 g/mol. The third-order valence-corrected chi connectivity index (χ3v) is 5.61. The SMILES string of the molecule is O=C(OCCS(=O)(=O)O)C12CC3CC(C1)C(C3)C2. The van der Waals surface area contributed by atoms with Crippen molar-refractivity contribution in [3.05, 3.63) is 0 Å². The Hall–Kier alpha value is -0.620. The molecule has 0 aromatic carbocycles. The summed E-state index contributed by atoms with van der Waals surface area (Å²) in [6.07, 6.45) is 5.25. The molecule has 4 aliphatic rings. The van der Waals surface area contributed by atoms with E-state index in [9.17, 15) is 13.2 Å². The Kier molecular flexibility index (Phi) is 2.71. The van der Waals surface area contributed by atoms with Gasteiger partial charge in [0, 0.05) is 0 Å². The predicted octanol–water partition coefficient (Wildman–Crippen LogP) is 1.24. The zero-order valence-corrected chi connectivity index (χ0v) is 11.0. The smallest absolute Gasteiger partial charge is 0.312 e. The van der Waals surface area contributed by atoms with Gasteiger partial charge in [-0.25, -0.2) is 0 Å². The summed E-state index contributed by atoms with van der Waals surface area (Å²) < 4.78 is 34.8. The molecule has 4 aliphatic carbocycles. The van der Waals surface area contributed by atoms with E-state index in [-0.39, 0.29) is 18.0 Å². The van der Waals surface area contributed by atoms with Gasteiger partial charge in [-0.2, -0.15) is 8.42 Å². The highest BCUT2D eigenvalue weighted by molar-refractivity contribution is 7.85. The van der Waals surface area contributed by atoms with E-state index >= 15 is 0 Å². The van der Waals surface area contributed by atoms with Gasteiger partial charge in [0.2, 0.25) is 0 Å². The maximum Gasteiger partial charge on any atom is 0.312 e. The van der Waals surface area contributed by atoms with E-state index in [0.717, 1.165) is 19.3 Å². The first kappa shape index (κ1) is 12.4. The molecule has 0 saturated heterocycles. The Morgan fingerprint density at radius 2 is 1.83 bits per heavy atom. The summed E-state index contributed by atoms with van der Waals surface area (Å²) in [6.45, 7) is -0.237. The van der Waals surface area contributed by atoms with Gasteiger partial charge in [0.1, 0.15) is 12.4 Å². The fourth-order valence-electron chi connectivity index (χ4n) is 4.45. The number of carbonyl (C=O) groups excluding carboxylic acids is 1. The second kappa shape index (κ2) is 3.93. The Morgan fingerprint density at radius 1 is 1.22 bits per heavy atom. The van der Waals surface area contributed by atoms with Gasteiger partial charge < -0.3 is 4.74 Å². The predicted molar refractivity (Wildman–Crippen MR) is 63.4 cm³/mol. The van der Waals surface area contributed by atoms with Crippen molar-refractivity contribution < 1.29 is 22.5 Å². The van der Waals surface area contributed by atoms with Gasteiger partial charge in [0.25, 0.3) is 10.1 Å². The van der Waals surface area contributed by atoms with Crippen molar-refractivity contribution in [3.63, 3.8) is 0 Å². The highest BCUT2D eigenvalue weighted by Gasteiger charge is 2.59. The minimum absolute atomic E-state index is 0.237. The highest BCUT2D eigenvalue weighted by Crippen LogP contribution is 2.64. The molecule has 1 N–H and O–H groups in total. The summed E-state index contributed by atoms with van der Waals surface area (Å²) in [5, 5.41) is 0. The number of carbonyl (C=O) groups is 1. The molecule has 0 aliphatic heterocycles. The van der Waals surface area contributed by atoms with Crippen LogP contribution in [0.2, 0.25) is 0 Å². The quantitative estimate of drug-likeness (QED) is 0.616. The van der Waals surface area contributed by atoms with Crippen LogP contribution in [0.1, 0.15) is 32.1 Å². The fraction of sp³-hybridized carbons (Fsp3) is 0.917. The maximum absolute atomic E-state index is 12.1. The summed E-state index contributed by atoms with van der Waals surface area (Å²) in [4.78, 5) is 12.1. The summed E-state index contributed by atoms with van der Waals surface area (Å²) >= 11 is 0. The summed E-state index contributed by atoms with van der Waals surface area (Å²) in [7, 11) is -4.05. The summed E-state index contributed by atoms with van der Waals surface area (Å²) in [5.74, 6) is 1.26. The zero-order valence-electron chi connectivity index (χ0n) is 10.2. The number of hydrogen-bond donors (Lipinski definition) is 1. The minimum Gasteiger partial charge on any atom is -0.464 e. The molecule has 4 fully saturated rings. The Morgan fingerprint density at radius 3 is 2.33 bits per heavy atom. The van der Waals surface area contributed by atoms with Gasteiger partial charge in [0.05, 0.1) is 5.41 Å². The van der Waals surface area contributed by atoms with Crippen molar-refractivity contribution >= 4 is 16.1 Å². The first-order valence-electron chi connectivity index (χ1n) is 6.50. The van der Waals surface area contributed by atoms with Crippen LogP contribution in [-0.2, 0) is 19.6 Å². The van der Waals surface area contributed by atoms with Crippen LogP contribution in [0.4, 0.5) is 0 Å². The van der Waals surface area contributed by atoms with Gasteiger partial charge in [-0.1, -0.05) is 0 Å². The topological polar surface area (TPSA) is 80.7 Å². The van der Waals surface area contributed by atoms with E-state index in [2.05, 4.69) is 0 Å². The van der Waals surface area contributed by atoms with Crippen LogP contribution in [0.15, 0.2) is 0 Å². The number of hydrogen-bond acceptors (Lipinski definition) is 4. The van der Waals surface area contributed by atoms with E-state index < -0.39 is 15.9 Å². The lowest BCUT2D eigenvalue weighted by Crippen LogP contribution is -2.37. The number of rotatable bonds is 4. The average molecular weight is 274 g/mol. The van der Waals surface area contributed by atoms with Gasteiger partial charge in [0.15, 0.2) is 0 Å². The fourth-order valence-corrected chi connectivity index (χ4v) is 4.75. The van der Waals surface area contributed by atoms with Crippen molar-refractivity contribution in [2.45, 2.75) is 32.1 Å². The number of esters is 1. The van der Waals surface area contributed by atoms with Crippen molar-refractivity contribution in [2.75, 3.05) is 12.4 Å². The molecule has 0 aromatic heterocycles. The van der Waals surface area contributed by atoms with Gasteiger partial charge in [-0.3, -0.25) is 9.35 Å². The van der Waals surface area contributed by atoms with Gasteiger partial charge >= 0.3 is 5.97 Å². The molecule has 0 spiro atoms. The third kappa shape index (κ3) is 2.05. The van der Waals surface area contributed by atoms with Crippen LogP contribution in [-0.4, -0.2) is 31.3 Å². The minimum atomic E-state index is -4.05. The molecule has 2 atom stereocenters. The van der Waals surface area contributed by atoms with Crippen molar-refractivity contribution in [1.82, 2.24) is 0 Å². The van der Waals surface area contributed by atoms with Crippen molar-refractivity contribution in [2.24, 2.45) is 23.2 Å². The van der Waals surface area contributed by atoms with Crippen LogP contribution in [0, 0.1) is 23.2 Å². The second-order valence-corrected chi connectivity index (χ2v) is 7.74. The molecule has 4 saturated carbocycles. The lowest BCUT2D eigenvalue weighted by molar-refractivity contribution is -0.158. The Bertz CT molecular complexity index is 449. The number of ether oxygens (including phenoxy) is 1. The van der Waals surface area contributed by atoms with Crippen LogP contribution in [0.3, 0.4) is 0 Å². The van der Waals surface area contributed by atoms with Crippen LogP contribution in [0.25, 0.3) is 0 Å². The molecule has 4 bridgehead atoms. The molecular formula is C12H18O5S. The molecule has 18 heavy (non-hydrogen) atoms. The second-order valence-electron chi connectivity index (χ2n) is 6.17. The van der Waals surface area contributed by atoms with E-state index in [1.807, 2.05) is 0 Å². The Balaban J connectivity index is 1.60. The molecule has 5 nitrogen and oxygen atoms in total. The van der Waals surface area contributed by atoms with E-state index in [0.29, 0.717) is 17.8 Å². The van der Waals surface area contributed by atoms with E-state index in [4.69, 9.17) is 9.29 Å². The molecule has 2 unspecified atom stereocenters. The van der Waals surface area contributed by atoms with Gasteiger partial charge in [-0.15, -0.1) is 0 Å². The van der Waals surface area contributed by atoms with Crippen LogP contribution < -0.4 is 0 Å². The lowest BCUT2D eigenvalue weighted by atomic mass is 9.69. The third-order valence-electron chi connectivity index (χ3n) is 4.93. The normalized spacial score (nSPS) is 41.3. The summed E-state index contributed by atoms with van der Waals surface area (Å²) in [6, 6.07) is 0.